The zero-order chi connectivity index (χ0) is 28.5. The maximum Gasteiger partial charge on any atom is 0.407 e. The molecule has 2 aromatic carbocycles. The second-order valence-corrected chi connectivity index (χ2v) is 16.3. The number of halogens is 2. The molecule has 0 bridgehead atoms. The molecule has 1 amide bonds. The Morgan fingerprint density at radius 2 is 2.00 bits per heavy atom. The van der Waals surface area contributed by atoms with E-state index >= 15 is 0 Å². The fraction of sp³-hybridized carbons (Fsp3) is 0.444. The fourth-order valence-corrected chi connectivity index (χ4v) is 5.84. The topological polar surface area (TPSA) is 106 Å². The van der Waals surface area contributed by atoms with Crippen LogP contribution in [0.1, 0.15) is 27.2 Å². The second-order valence-electron chi connectivity index (χ2n) is 11.1. The predicted molar refractivity (Wildman–Crippen MR) is 151 cm³/mol. The van der Waals surface area contributed by atoms with Crippen LogP contribution in [0.4, 0.5) is 20.7 Å². The van der Waals surface area contributed by atoms with Crippen molar-refractivity contribution in [3.05, 3.63) is 47.5 Å². The van der Waals surface area contributed by atoms with Gasteiger partial charge in [0.1, 0.15) is 36.1 Å². The number of hydrogen-bond donors (Lipinski definition) is 2. The number of methoxy groups -OCH3 is 1. The van der Waals surface area contributed by atoms with Crippen molar-refractivity contribution in [2.24, 2.45) is 0 Å². The number of likely N-dealkylation sites (tertiary alicyclic amines) is 1. The lowest BCUT2D eigenvalue weighted by Crippen LogP contribution is -2.44. The van der Waals surface area contributed by atoms with Crippen LogP contribution in [-0.2, 0) is 4.43 Å². The van der Waals surface area contributed by atoms with Crippen LogP contribution in [0.5, 0.6) is 11.5 Å². The minimum atomic E-state index is -2.09. The summed E-state index contributed by atoms with van der Waals surface area (Å²) in [6.07, 6.45) is 0.696. The van der Waals surface area contributed by atoms with Crippen LogP contribution in [0, 0.1) is 5.82 Å². The van der Waals surface area contributed by atoms with Gasteiger partial charge in [0.2, 0.25) is 0 Å². The molecule has 1 aromatic heterocycles. The van der Waals surface area contributed by atoms with Gasteiger partial charge in [-0.05, 0) is 42.8 Å². The third-order valence-corrected chi connectivity index (χ3v) is 12.2. The molecular weight excluding hydrogens is 543 g/mol. The summed E-state index contributed by atoms with van der Waals surface area (Å²) in [5.74, 6) is 0.826. The maximum absolute atomic E-state index is 13.7. The van der Waals surface area contributed by atoms with Crippen LogP contribution in [0.15, 0.2) is 36.7 Å². The summed E-state index contributed by atoms with van der Waals surface area (Å²) < 4.78 is 31.9. The number of fused-ring (bicyclic) bond motifs is 1. The van der Waals surface area contributed by atoms with Crippen molar-refractivity contribution < 1.29 is 28.2 Å². The lowest BCUT2D eigenvalue weighted by atomic mass is 10.2. The molecule has 4 rings (SSSR count). The molecule has 1 saturated heterocycles. The highest BCUT2D eigenvalue weighted by molar-refractivity contribution is 6.74. The Morgan fingerprint density at radius 1 is 1.26 bits per heavy atom. The van der Waals surface area contributed by atoms with Crippen LogP contribution in [0.3, 0.4) is 0 Å². The number of benzene rings is 2. The normalized spacial score (nSPS) is 17.9. The number of amides is 1. The van der Waals surface area contributed by atoms with E-state index in [-0.39, 0.29) is 29.3 Å². The van der Waals surface area contributed by atoms with Gasteiger partial charge in [-0.2, -0.15) is 0 Å². The van der Waals surface area contributed by atoms with Gasteiger partial charge in [-0.3, -0.25) is 4.90 Å². The average molecular weight is 577 g/mol. The van der Waals surface area contributed by atoms with Crippen LogP contribution >= 0.6 is 11.6 Å². The number of aromatic nitrogens is 2. The number of nitrogens with one attached hydrogen (secondary N) is 1. The molecule has 2 heterocycles. The first-order chi connectivity index (χ1) is 18.3. The smallest absolute Gasteiger partial charge is 0.407 e. The summed E-state index contributed by atoms with van der Waals surface area (Å²) in [4.78, 5) is 22.2. The van der Waals surface area contributed by atoms with E-state index in [0.29, 0.717) is 40.3 Å². The highest BCUT2D eigenvalue weighted by Gasteiger charge is 2.44. The van der Waals surface area contributed by atoms with Crippen molar-refractivity contribution in [1.29, 1.82) is 0 Å². The van der Waals surface area contributed by atoms with Gasteiger partial charge in [0.25, 0.3) is 0 Å². The Bertz CT molecular complexity index is 1370. The zero-order valence-electron chi connectivity index (χ0n) is 22.9. The fourth-order valence-electron chi connectivity index (χ4n) is 4.30. The van der Waals surface area contributed by atoms with Gasteiger partial charge in [0.05, 0.1) is 35.2 Å². The van der Waals surface area contributed by atoms with Gasteiger partial charge in [-0.25, -0.2) is 19.2 Å². The Hall–Kier alpha value is -3.15. The molecule has 0 unspecified atom stereocenters. The van der Waals surface area contributed by atoms with Gasteiger partial charge in [0.15, 0.2) is 8.32 Å². The summed E-state index contributed by atoms with van der Waals surface area (Å²) in [7, 11) is -0.547. The number of hydrogen-bond acceptors (Lipinski definition) is 7. The average Bonchev–Trinajstić information content (AvgIpc) is 3.26. The summed E-state index contributed by atoms with van der Waals surface area (Å²) in [6, 6.07) is 7.31. The van der Waals surface area contributed by atoms with Crippen molar-refractivity contribution in [3.63, 3.8) is 0 Å². The van der Waals surface area contributed by atoms with Crippen LogP contribution in [0.2, 0.25) is 23.2 Å². The lowest BCUT2D eigenvalue weighted by molar-refractivity contribution is 0.120. The third-order valence-electron chi connectivity index (χ3n) is 7.41. The van der Waals surface area contributed by atoms with E-state index in [4.69, 9.17) is 25.5 Å². The Balaban J connectivity index is 1.61. The highest BCUT2D eigenvalue weighted by atomic mass is 35.5. The standard InChI is InChI=1S/C27H34ClFN4O5Si/c1-27(2,3)39(5,6)38-19-10-17(33(13-19)26(34)35)14-37-23-12-18(36-4)11-22-24(23)25(31-15-30-22)32-16-7-8-21(29)20(28)9-16/h7-9,11-12,15,17,19H,10,13-14H2,1-6H3,(H,34,35)(H,30,31,32)/t17-,19-/m1/s1. The van der Waals surface area contributed by atoms with E-state index in [1.54, 1.807) is 18.2 Å². The zero-order valence-corrected chi connectivity index (χ0v) is 24.7. The molecule has 1 aliphatic heterocycles. The summed E-state index contributed by atoms with van der Waals surface area (Å²) in [5, 5.41) is 13.6. The molecule has 0 aliphatic carbocycles. The van der Waals surface area contributed by atoms with Gasteiger partial charge >= 0.3 is 6.09 Å². The van der Waals surface area contributed by atoms with Crippen molar-refractivity contribution in [1.82, 2.24) is 14.9 Å². The number of carboxylic acid groups (broad SMARTS) is 1. The van der Waals surface area contributed by atoms with E-state index in [2.05, 4.69) is 49.1 Å². The molecule has 9 nitrogen and oxygen atoms in total. The molecule has 0 radical (unpaired) electrons. The maximum atomic E-state index is 13.7. The first-order valence-electron chi connectivity index (χ1n) is 12.6. The quantitative estimate of drug-likeness (QED) is 0.285. The van der Waals surface area contributed by atoms with E-state index in [1.807, 2.05) is 0 Å². The number of rotatable bonds is 8. The van der Waals surface area contributed by atoms with Crippen molar-refractivity contribution >= 4 is 48.4 Å². The molecule has 0 spiro atoms. The minimum Gasteiger partial charge on any atom is -0.497 e. The molecule has 0 saturated carbocycles. The van der Waals surface area contributed by atoms with Crippen molar-refractivity contribution in [2.45, 2.75) is 57.5 Å². The van der Waals surface area contributed by atoms with Crippen LogP contribution in [0.25, 0.3) is 10.9 Å². The second kappa shape index (κ2) is 11.1. The first-order valence-corrected chi connectivity index (χ1v) is 15.9. The summed E-state index contributed by atoms with van der Waals surface area (Å²) in [5.41, 5.74) is 1.08. The molecular formula is C27H34ClFN4O5Si. The predicted octanol–water partition coefficient (Wildman–Crippen LogP) is 6.70. The van der Waals surface area contributed by atoms with Crippen LogP contribution < -0.4 is 14.8 Å². The number of ether oxygens (including phenoxy) is 2. The molecule has 1 fully saturated rings. The molecule has 3 aromatic rings. The number of nitrogens with zero attached hydrogens (tertiary/aromatic N) is 3. The molecule has 2 atom stereocenters. The summed E-state index contributed by atoms with van der Waals surface area (Å²) in [6.45, 7) is 11.2. The minimum absolute atomic E-state index is 0.00724. The van der Waals surface area contributed by atoms with Crippen LogP contribution in [-0.4, -0.2) is 66.8 Å². The lowest BCUT2D eigenvalue weighted by Gasteiger charge is -2.38. The Labute approximate surface area is 233 Å². The molecule has 2 N–H and O–H groups in total. The number of carbonyl (C=O) groups is 1. The van der Waals surface area contributed by atoms with Crippen molar-refractivity contribution in [2.75, 3.05) is 25.6 Å². The molecule has 12 heteroatoms. The van der Waals surface area contributed by atoms with E-state index in [9.17, 15) is 14.3 Å². The SMILES string of the molecule is COc1cc(OC[C@H]2C[C@@H](O[Si](C)(C)C(C)(C)C)CN2C(=O)O)c2c(Nc3ccc(F)c(Cl)c3)ncnc2c1. The van der Waals surface area contributed by atoms with Gasteiger partial charge < -0.3 is 24.3 Å². The Morgan fingerprint density at radius 3 is 2.64 bits per heavy atom. The largest absolute Gasteiger partial charge is 0.497 e. The molecule has 1 aliphatic rings. The van der Waals surface area contributed by atoms with Crippen molar-refractivity contribution in [3.8, 4) is 11.5 Å². The van der Waals surface area contributed by atoms with E-state index < -0.39 is 26.3 Å². The first kappa shape index (κ1) is 28.8. The summed E-state index contributed by atoms with van der Waals surface area (Å²) >= 11 is 5.96. The Kier molecular flexibility index (Phi) is 8.24. The number of anilines is 2. The third kappa shape index (κ3) is 6.37. The monoisotopic (exact) mass is 576 g/mol. The highest BCUT2D eigenvalue weighted by Crippen LogP contribution is 2.40. The van der Waals surface area contributed by atoms with E-state index in [1.165, 1.54) is 30.5 Å². The van der Waals surface area contributed by atoms with Gasteiger partial charge in [-0.1, -0.05) is 32.4 Å². The molecule has 210 valence electrons. The van der Waals surface area contributed by atoms with Gasteiger partial charge in [-0.15, -0.1) is 0 Å². The molecule has 39 heavy (non-hydrogen) atoms. The van der Waals surface area contributed by atoms with Gasteiger partial charge in [0, 0.05) is 24.4 Å². The van der Waals surface area contributed by atoms with E-state index in [0.717, 1.165) is 0 Å².